The maximum Gasteiger partial charge on any atom is 0.326 e. The quantitative estimate of drug-likeness (QED) is 0.582. The third-order valence-electron chi connectivity index (χ3n) is 1.60. The molecule has 1 atom stereocenters. The number of rotatable bonds is 5. The smallest absolute Gasteiger partial charge is 0.326 e. The first kappa shape index (κ1) is 12.0. The Kier molecular flexibility index (Phi) is 3.89. The molecule has 1 aromatic heterocycles. The number of primary amides is 1. The van der Waals surface area contributed by atoms with Crippen LogP contribution in [-0.4, -0.2) is 37.7 Å². The number of carboxylic acids is 1. The molecule has 0 aliphatic heterocycles. The van der Waals surface area contributed by atoms with Crippen molar-refractivity contribution < 1.29 is 19.5 Å². The number of carbonyl (C=O) groups is 3. The Hall–Kier alpha value is -2.03. The number of nitrogens with zero attached hydrogens (tertiary/aromatic N) is 2. The molecule has 0 saturated heterocycles. The molecule has 8 nitrogen and oxygen atoms in total. The lowest BCUT2D eigenvalue weighted by atomic mass is 10.2. The molecule has 0 aliphatic carbocycles. The number of hydrogen-bond donors (Lipinski definition) is 3. The first-order chi connectivity index (χ1) is 7.50. The zero-order valence-electron chi connectivity index (χ0n) is 7.91. The average Bonchev–Trinajstić information content (AvgIpc) is 2.68. The third kappa shape index (κ3) is 3.28. The van der Waals surface area contributed by atoms with E-state index in [0.717, 1.165) is 11.7 Å². The zero-order chi connectivity index (χ0) is 12.1. The van der Waals surface area contributed by atoms with Crippen LogP contribution in [0.4, 0.5) is 0 Å². The van der Waals surface area contributed by atoms with Gasteiger partial charge in [-0.2, -0.15) is 8.75 Å². The maximum absolute atomic E-state index is 11.4. The molecule has 9 heteroatoms. The Bertz CT molecular complexity index is 405. The minimum absolute atomic E-state index is 0.000667. The lowest BCUT2D eigenvalue weighted by Crippen LogP contribution is -2.43. The van der Waals surface area contributed by atoms with Crippen LogP contribution in [0.25, 0.3) is 0 Å². The Morgan fingerprint density at radius 2 is 2.25 bits per heavy atom. The molecule has 86 valence electrons. The van der Waals surface area contributed by atoms with Crippen molar-refractivity contribution in [3.05, 3.63) is 11.9 Å². The maximum atomic E-state index is 11.4. The molecule has 0 aliphatic rings. The minimum atomic E-state index is -1.35. The molecule has 0 spiro atoms. The fraction of sp³-hybridized carbons (Fsp3) is 0.286. The van der Waals surface area contributed by atoms with Gasteiger partial charge in [-0.15, -0.1) is 0 Å². The molecule has 1 rings (SSSR count). The summed E-state index contributed by atoms with van der Waals surface area (Å²) in [6.45, 7) is 0. The van der Waals surface area contributed by atoms with Crippen molar-refractivity contribution >= 4 is 29.5 Å². The summed E-state index contributed by atoms with van der Waals surface area (Å²) < 4.78 is 7.20. The number of carboxylic acid groups (broad SMARTS) is 1. The van der Waals surface area contributed by atoms with E-state index in [-0.39, 0.29) is 5.69 Å². The molecule has 2 amide bonds. The zero-order valence-corrected chi connectivity index (χ0v) is 8.73. The molecular weight excluding hydrogens is 236 g/mol. The van der Waals surface area contributed by atoms with Crippen molar-refractivity contribution in [2.75, 3.05) is 0 Å². The van der Waals surface area contributed by atoms with Crippen LogP contribution >= 0.6 is 11.7 Å². The van der Waals surface area contributed by atoms with Crippen molar-refractivity contribution in [1.29, 1.82) is 0 Å². The number of amides is 2. The third-order valence-corrected chi connectivity index (χ3v) is 2.08. The van der Waals surface area contributed by atoms with Gasteiger partial charge in [0.2, 0.25) is 5.91 Å². The van der Waals surface area contributed by atoms with Crippen LogP contribution < -0.4 is 11.1 Å². The largest absolute Gasteiger partial charge is 0.480 e. The second-order valence-electron chi connectivity index (χ2n) is 2.83. The molecular formula is C7H8N4O4S. The van der Waals surface area contributed by atoms with Crippen molar-refractivity contribution in [2.45, 2.75) is 12.5 Å². The Balaban J connectivity index is 2.65. The second-order valence-corrected chi connectivity index (χ2v) is 3.38. The van der Waals surface area contributed by atoms with E-state index in [9.17, 15) is 14.4 Å². The lowest BCUT2D eigenvalue weighted by molar-refractivity contribution is -0.140. The van der Waals surface area contributed by atoms with E-state index in [1.54, 1.807) is 0 Å². The van der Waals surface area contributed by atoms with Gasteiger partial charge in [0.1, 0.15) is 6.04 Å². The van der Waals surface area contributed by atoms with Gasteiger partial charge >= 0.3 is 5.97 Å². The normalized spacial score (nSPS) is 11.8. The highest BCUT2D eigenvalue weighted by Gasteiger charge is 2.23. The van der Waals surface area contributed by atoms with E-state index in [1.165, 1.54) is 6.20 Å². The fourth-order valence-corrected chi connectivity index (χ4v) is 1.31. The fourth-order valence-electron chi connectivity index (χ4n) is 0.898. The van der Waals surface area contributed by atoms with Crippen LogP contribution in [0.1, 0.15) is 16.9 Å². The van der Waals surface area contributed by atoms with Gasteiger partial charge < -0.3 is 16.2 Å². The molecule has 0 saturated carbocycles. The van der Waals surface area contributed by atoms with Crippen molar-refractivity contribution in [2.24, 2.45) is 5.73 Å². The van der Waals surface area contributed by atoms with Crippen LogP contribution in [0.5, 0.6) is 0 Å². The van der Waals surface area contributed by atoms with E-state index in [4.69, 9.17) is 10.8 Å². The van der Waals surface area contributed by atoms with E-state index >= 15 is 0 Å². The van der Waals surface area contributed by atoms with Crippen molar-refractivity contribution in [3.8, 4) is 0 Å². The number of carbonyl (C=O) groups excluding carboxylic acids is 2. The van der Waals surface area contributed by atoms with Gasteiger partial charge in [0.05, 0.1) is 24.3 Å². The molecule has 0 fully saturated rings. The van der Waals surface area contributed by atoms with Crippen LogP contribution in [0, 0.1) is 0 Å². The summed E-state index contributed by atoms with van der Waals surface area (Å²) in [5.41, 5.74) is 4.85. The summed E-state index contributed by atoms with van der Waals surface area (Å²) in [4.78, 5) is 32.6. The summed E-state index contributed by atoms with van der Waals surface area (Å²) >= 11 is 0.817. The SMILES string of the molecule is NC(=O)C[C@H](NC(=O)c1cnsn1)C(=O)O. The highest BCUT2D eigenvalue weighted by molar-refractivity contribution is 6.99. The topological polar surface area (TPSA) is 135 Å². The summed E-state index contributed by atoms with van der Waals surface area (Å²) in [6.07, 6.45) is 0.724. The van der Waals surface area contributed by atoms with Crippen LogP contribution in [0.15, 0.2) is 6.20 Å². The molecule has 4 N–H and O–H groups in total. The van der Waals surface area contributed by atoms with Gasteiger partial charge in [0, 0.05) is 0 Å². The van der Waals surface area contributed by atoms with Gasteiger partial charge in [-0.3, -0.25) is 9.59 Å². The number of aromatic nitrogens is 2. The Morgan fingerprint density at radius 1 is 1.56 bits per heavy atom. The summed E-state index contributed by atoms with van der Waals surface area (Å²) in [5.74, 6) is -2.86. The molecule has 0 unspecified atom stereocenters. The first-order valence-electron chi connectivity index (χ1n) is 4.10. The predicted molar refractivity (Wildman–Crippen MR) is 52.6 cm³/mol. The number of aliphatic carboxylic acids is 1. The van der Waals surface area contributed by atoms with Gasteiger partial charge in [0.15, 0.2) is 5.69 Å². The Labute approximate surface area is 93.8 Å². The van der Waals surface area contributed by atoms with Crippen LogP contribution in [-0.2, 0) is 9.59 Å². The van der Waals surface area contributed by atoms with Crippen molar-refractivity contribution in [1.82, 2.24) is 14.1 Å². The van der Waals surface area contributed by atoms with Crippen LogP contribution in [0.2, 0.25) is 0 Å². The number of nitrogens with one attached hydrogen (secondary N) is 1. The first-order valence-corrected chi connectivity index (χ1v) is 4.83. The van der Waals surface area contributed by atoms with Gasteiger partial charge in [-0.05, 0) is 0 Å². The molecule has 0 aromatic carbocycles. The minimum Gasteiger partial charge on any atom is -0.480 e. The summed E-state index contributed by atoms with van der Waals surface area (Å²) in [6, 6.07) is -1.35. The molecule has 0 radical (unpaired) electrons. The van der Waals surface area contributed by atoms with E-state index in [0.29, 0.717) is 0 Å². The monoisotopic (exact) mass is 244 g/mol. The summed E-state index contributed by atoms with van der Waals surface area (Å²) in [5, 5.41) is 10.8. The lowest BCUT2D eigenvalue weighted by Gasteiger charge is -2.11. The van der Waals surface area contributed by atoms with E-state index < -0.39 is 30.2 Å². The van der Waals surface area contributed by atoms with Crippen LogP contribution in [0.3, 0.4) is 0 Å². The molecule has 16 heavy (non-hydrogen) atoms. The van der Waals surface area contributed by atoms with Crippen molar-refractivity contribution in [3.63, 3.8) is 0 Å². The standard InChI is InChI=1S/C7H8N4O4S/c8-5(12)1-3(7(14)15)10-6(13)4-2-9-16-11-4/h2-3H,1H2,(H2,8,12)(H,10,13)(H,14,15)/t3-/m0/s1. The van der Waals surface area contributed by atoms with Gasteiger partial charge in [-0.25, -0.2) is 4.79 Å². The number of hydrogen-bond acceptors (Lipinski definition) is 6. The van der Waals surface area contributed by atoms with Gasteiger partial charge in [0.25, 0.3) is 5.91 Å². The summed E-state index contributed by atoms with van der Waals surface area (Å²) in [7, 11) is 0. The molecule has 0 bridgehead atoms. The highest BCUT2D eigenvalue weighted by Crippen LogP contribution is 1.98. The molecule has 1 heterocycles. The average molecular weight is 244 g/mol. The second kappa shape index (κ2) is 5.16. The van der Waals surface area contributed by atoms with E-state index in [2.05, 4.69) is 14.1 Å². The Morgan fingerprint density at radius 3 is 2.69 bits per heavy atom. The van der Waals surface area contributed by atoms with Gasteiger partial charge in [-0.1, -0.05) is 0 Å². The molecule has 1 aromatic rings. The highest BCUT2D eigenvalue weighted by atomic mass is 32.1. The number of nitrogens with two attached hydrogens (primary N) is 1. The van der Waals surface area contributed by atoms with E-state index in [1.807, 2.05) is 0 Å². The predicted octanol–water partition coefficient (Wildman–Crippen LogP) is -1.40.